The third-order valence-electron chi connectivity index (χ3n) is 6.49. The lowest BCUT2D eigenvalue weighted by atomic mass is 10.0. The number of nitrogens with zero attached hydrogens (tertiary/aromatic N) is 3. The standard InChI is InChI=1S/C28H22Cl2F4N4O2/c29-23-13-19(31)4-3-18(23)2-1-10-37-11-8-24-22(16-37)21-6-5-20(40-28(32,33)34)14-25(21)38(24)27(39)36-15-17-7-9-35-26(30)12-17/h1-7,9,12-14H,8,10-11,15-16H2,(H,36,39)/b2-1+. The molecule has 12 heteroatoms. The van der Waals surface area contributed by atoms with Crippen LogP contribution >= 0.6 is 23.2 Å². The maximum Gasteiger partial charge on any atom is 0.573 e. The molecule has 1 N–H and O–H groups in total. The number of alkyl halides is 3. The van der Waals surface area contributed by atoms with Gasteiger partial charge in [0.05, 0.1) is 10.5 Å². The minimum absolute atomic E-state index is 0.150. The maximum atomic E-state index is 13.4. The van der Waals surface area contributed by atoms with Gasteiger partial charge in [-0.1, -0.05) is 41.4 Å². The Bertz CT molecular complexity index is 1600. The number of nitrogens with one attached hydrogen (secondary N) is 1. The normalized spacial score (nSPS) is 14.1. The summed E-state index contributed by atoms with van der Waals surface area (Å²) >= 11 is 12.0. The van der Waals surface area contributed by atoms with Gasteiger partial charge in [0.1, 0.15) is 16.7 Å². The molecule has 0 saturated heterocycles. The van der Waals surface area contributed by atoms with E-state index in [0.29, 0.717) is 53.2 Å². The summed E-state index contributed by atoms with van der Waals surface area (Å²) in [7, 11) is 0. The van der Waals surface area contributed by atoms with E-state index in [1.54, 1.807) is 30.3 Å². The zero-order valence-electron chi connectivity index (χ0n) is 20.8. The van der Waals surface area contributed by atoms with Crippen LogP contribution in [0.3, 0.4) is 0 Å². The summed E-state index contributed by atoms with van der Waals surface area (Å²) in [5.74, 6) is -0.833. The molecule has 208 valence electrons. The molecule has 5 rings (SSSR count). The molecule has 1 aliphatic rings. The molecule has 0 aliphatic carbocycles. The number of ether oxygens (including phenoxy) is 1. The van der Waals surface area contributed by atoms with Crippen molar-refractivity contribution in [1.29, 1.82) is 0 Å². The Hall–Kier alpha value is -3.60. The molecule has 4 aromatic rings. The van der Waals surface area contributed by atoms with E-state index >= 15 is 0 Å². The molecule has 2 aromatic heterocycles. The van der Waals surface area contributed by atoms with Crippen molar-refractivity contribution in [1.82, 2.24) is 19.8 Å². The van der Waals surface area contributed by atoms with Crippen molar-refractivity contribution in [2.75, 3.05) is 13.1 Å². The summed E-state index contributed by atoms with van der Waals surface area (Å²) in [6.07, 6.45) is 0.846. The smallest absolute Gasteiger partial charge is 0.406 e. The molecular weight excluding hydrogens is 571 g/mol. The molecule has 1 aliphatic heterocycles. The Morgan fingerprint density at radius 2 is 1.95 bits per heavy atom. The van der Waals surface area contributed by atoms with Crippen LogP contribution in [0.2, 0.25) is 10.2 Å². The van der Waals surface area contributed by atoms with Crippen LogP contribution in [0.1, 0.15) is 22.4 Å². The highest BCUT2D eigenvalue weighted by Crippen LogP contribution is 2.34. The van der Waals surface area contributed by atoms with E-state index in [2.05, 4.69) is 19.9 Å². The first-order valence-electron chi connectivity index (χ1n) is 12.2. The Kier molecular flexibility index (Phi) is 8.02. The molecule has 3 heterocycles. The van der Waals surface area contributed by atoms with Gasteiger partial charge in [0.25, 0.3) is 0 Å². The van der Waals surface area contributed by atoms with Crippen molar-refractivity contribution in [2.24, 2.45) is 0 Å². The maximum absolute atomic E-state index is 13.4. The minimum Gasteiger partial charge on any atom is -0.406 e. The highest BCUT2D eigenvalue weighted by atomic mass is 35.5. The molecule has 2 aromatic carbocycles. The molecule has 0 fully saturated rings. The van der Waals surface area contributed by atoms with Crippen molar-refractivity contribution in [3.8, 4) is 5.75 Å². The van der Waals surface area contributed by atoms with Crippen molar-refractivity contribution in [2.45, 2.75) is 25.9 Å². The van der Waals surface area contributed by atoms with Gasteiger partial charge in [-0.2, -0.15) is 0 Å². The predicted octanol–water partition coefficient (Wildman–Crippen LogP) is 7.21. The molecule has 6 nitrogen and oxygen atoms in total. The fraction of sp³-hybridized carbons (Fsp3) is 0.214. The molecule has 0 spiro atoms. The molecule has 0 radical (unpaired) electrons. The van der Waals surface area contributed by atoms with Crippen LogP contribution in [0.4, 0.5) is 22.4 Å². The lowest BCUT2D eigenvalue weighted by molar-refractivity contribution is -0.274. The zero-order chi connectivity index (χ0) is 28.4. The first-order valence-corrected chi connectivity index (χ1v) is 13.0. The first kappa shape index (κ1) is 27.9. The van der Waals surface area contributed by atoms with Crippen LogP contribution in [0.5, 0.6) is 5.75 Å². The van der Waals surface area contributed by atoms with E-state index in [4.69, 9.17) is 23.2 Å². The molecule has 1 amide bonds. The summed E-state index contributed by atoms with van der Waals surface area (Å²) in [4.78, 5) is 19.4. The van der Waals surface area contributed by atoms with Gasteiger partial charge in [-0.25, -0.2) is 14.2 Å². The van der Waals surface area contributed by atoms with Crippen LogP contribution in [-0.2, 0) is 19.5 Å². The molecule has 0 saturated carbocycles. The molecule has 0 bridgehead atoms. The van der Waals surface area contributed by atoms with Gasteiger partial charge in [0, 0.05) is 55.9 Å². The highest BCUT2D eigenvalue weighted by molar-refractivity contribution is 6.32. The molecule has 0 atom stereocenters. The Morgan fingerprint density at radius 3 is 2.70 bits per heavy atom. The van der Waals surface area contributed by atoms with Crippen LogP contribution in [0.15, 0.2) is 60.8 Å². The molecule has 40 heavy (non-hydrogen) atoms. The number of carbonyl (C=O) groups is 1. The number of benzene rings is 2. The average Bonchev–Trinajstić information content (AvgIpc) is 3.20. The Labute approximate surface area is 236 Å². The van der Waals surface area contributed by atoms with Gasteiger partial charge in [-0.05, 0) is 53.1 Å². The quantitative estimate of drug-likeness (QED) is 0.190. The number of aromatic nitrogens is 2. The number of pyridine rings is 1. The number of carbonyl (C=O) groups excluding carboxylic acids is 1. The SMILES string of the molecule is O=C(NCc1ccnc(Cl)c1)n1c2c(c3ccc(OC(F)(F)F)cc31)CN(C/C=C/c1ccc(F)cc1Cl)CC2. The van der Waals surface area contributed by atoms with Gasteiger partial charge in [-0.3, -0.25) is 9.47 Å². The van der Waals surface area contributed by atoms with Crippen LogP contribution < -0.4 is 10.1 Å². The fourth-order valence-electron chi connectivity index (χ4n) is 4.75. The third kappa shape index (κ3) is 6.41. The number of fused-ring (bicyclic) bond motifs is 3. The third-order valence-corrected chi connectivity index (χ3v) is 7.03. The summed E-state index contributed by atoms with van der Waals surface area (Å²) < 4.78 is 57.7. The van der Waals surface area contributed by atoms with Gasteiger partial charge in [-0.15, -0.1) is 13.2 Å². The average molecular weight is 593 g/mol. The summed E-state index contributed by atoms with van der Waals surface area (Å²) in [5, 5.41) is 4.06. The lowest BCUT2D eigenvalue weighted by Crippen LogP contribution is -2.34. The van der Waals surface area contributed by atoms with Crippen LogP contribution in [-0.4, -0.2) is 39.9 Å². The first-order chi connectivity index (χ1) is 19.1. The summed E-state index contributed by atoms with van der Waals surface area (Å²) in [6.45, 7) is 1.76. The van der Waals surface area contributed by atoms with E-state index in [-0.39, 0.29) is 11.7 Å². The van der Waals surface area contributed by atoms with E-state index in [1.165, 1.54) is 35.0 Å². The summed E-state index contributed by atoms with van der Waals surface area (Å²) in [5.41, 5.74) is 3.27. The largest absolute Gasteiger partial charge is 0.573 e. The Balaban J connectivity index is 1.42. The second-order valence-corrected chi connectivity index (χ2v) is 9.98. The topological polar surface area (TPSA) is 59.4 Å². The summed E-state index contributed by atoms with van der Waals surface area (Å²) in [6, 6.07) is 11.0. The number of amides is 1. The number of halogens is 6. The fourth-order valence-corrected chi connectivity index (χ4v) is 5.18. The van der Waals surface area contributed by atoms with Crippen molar-refractivity contribution >= 4 is 46.2 Å². The van der Waals surface area contributed by atoms with Crippen molar-refractivity contribution in [3.05, 3.63) is 99.2 Å². The van der Waals surface area contributed by atoms with Gasteiger partial charge < -0.3 is 10.1 Å². The monoisotopic (exact) mass is 592 g/mol. The number of hydrogen-bond acceptors (Lipinski definition) is 4. The molecule has 0 unspecified atom stereocenters. The van der Waals surface area contributed by atoms with Gasteiger partial charge in [0.2, 0.25) is 0 Å². The number of hydrogen-bond donors (Lipinski definition) is 1. The second kappa shape index (κ2) is 11.5. The highest BCUT2D eigenvalue weighted by Gasteiger charge is 2.32. The van der Waals surface area contributed by atoms with Gasteiger partial charge >= 0.3 is 12.4 Å². The van der Waals surface area contributed by atoms with E-state index in [1.807, 2.05) is 6.08 Å². The van der Waals surface area contributed by atoms with E-state index in [9.17, 15) is 22.4 Å². The van der Waals surface area contributed by atoms with Crippen LogP contribution in [0.25, 0.3) is 17.0 Å². The number of rotatable bonds is 6. The minimum atomic E-state index is -4.87. The zero-order valence-corrected chi connectivity index (χ0v) is 22.3. The molecular formula is C28H22Cl2F4N4O2. The van der Waals surface area contributed by atoms with E-state index < -0.39 is 24.0 Å². The predicted molar refractivity (Wildman–Crippen MR) is 145 cm³/mol. The van der Waals surface area contributed by atoms with Gasteiger partial charge in [0.15, 0.2) is 0 Å². The second-order valence-electron chi connectivity index (χ2n) is 9.19. The van der Waals surface area contributed by atoms with Crippen molar-refractivity contribution in [3.63, 3.8) is 0 Å². The van der Waals surface area contributed by atoms with Crippen LogP contribution in [0, 0.1) is 5.82 Å². The Morgan fingerprint density at radius 1 is 1.12 bits per heavy atom. The van der Waals surface area contributed by atoms with Crippen molar-refractivity contribution < 1.29 is 27.1 Å². The van der Waals surface area contributed by atoms with E-state index in [0.717, 1.165) is 11.1 Å². The lowest BCUT2D eigenvalue weighted by Gasteiger charge is -2.27.